The fourth-order valence-electron chi connectivity index (χ4n) is 1.61. The van der Waals surface area contributed by atoms with Crippen LogP contribution < -0.4 is 0 Å². The highest BCUT2D eigenvalue weighted by Gasteiger charge is 2.24. The lowest BCUT2D eigenvalue weighted by Gasteiger charge is -2.13. The molecule has 0 aromatic heterocycles. The lowest BCUT2D eigenvalue weighted by atomic mass is 9.95. The standard InChI is InChI=1S/C13H12O2S/c1-2-7-16-12-8-11(14)9-5-3-4-6-10(9)13(12)15/h3-6,8H,2,7H2,1H3. The monoisotopic (exact) mass is 232 g/mol. The Morgan fingerprint density at radius 2 is 1.81 bits per heavy atom. The molecule has 1 aliphatic rings. The summed E-state index contributed by atoms with van der Waals surface area (Å²) in [6.45, 7) is 2.05. The van der Waals surface area contributed by atoms with Gasteiger partial charge in [0.1, 0.15) is 0 Å². The molecule has 1 aromatic rings. The third-order valence-electron chi connectivity index (χ3n) is 2.38. The van der Waals surface area contributed by atoms with E-state index in [-0.39, 0.29) is 11.6 Å². The summed E-state index contributed by atoms with van der Waals surface area (Å²) in [6, 6.07) is 6.99. The van der Waals surface area contributed by atoms with Crippen molar-refractivity contribution in [1.29, 1.82) is 0 Å². The second-order valence-electron chi connectivity index (χ2n) is 3.60. The molecule has 82 valence electrons. The van der Waals surface area contributed by atoms with Crippen molar-refractivity contribution >= 4 is 23.3 Å². The molecule has 2 nitrogen and oxygen atoms in total. The van der Waals surface area contributed by atoms with Gasteiger partial charge in [0, 0.05) is 17.2 Å². The molecule has 0 fully saturated rings. The minimum Gasteiger partial charge on any atom is -0.289 e. The van der Waals surface area contributed by atoms with Gasteiger partial charge in [0.25, 0.3) is 0 Å². The largest absolute Gasteiger partial charge is 0.289 e. The van der Waals surface area contributed by atoms with Gasteiger partial charge in [-0.15, -0.1) is 11.8 Å². The maximum absolute atomic E-state index is 12.0. The van der Waals surface area contributed by atoms with Crippen molar-refractivity contribution in [3.05, 3.63) is 46.4 Å². The Morgan fingerprint density at radius 3 is 2.50 bits per heavy atom. The predicted molar refractivity (Wildman–Crippen MR) is 65.9 cm³/mol. The topological polar surface area (TPSA) is 34.1 Å². The first kappa shape index (κ1) is 11.1. The van der Waals surface area contributed by atoms with Gasteiger partial charge < -0.3 is 0 Å². The van der Waals surface area contributed by atoms with Crippen LogP contribution in [0.15, 0.2) is 35.2 Å². The molecule has 0 aliphatic heterocycles. The molecule has 0 amide bonds. The van der Waals surface area contributed by atoms with Crippen LogP contribution in [0.4, 0.5) is 0 Å². The second kappa shape index (κ2) is 4.66. The third kappa shape index (κ3) is 1.95. The molecular weight excluding hydrogens is 220 g/mol. The number of rotatable bonds is 3. The quantitative estimate of drug-likeness (QED) is 0.803. The molecule has 0 radical (unpaired) electrons. The maximum Gasteiger partial charge on any atom is 0.200 e. The van der Waals surface area contributed by atoms with Gasteiger partial charge in [0.15, 0.2) is 11.6 Å². The molecule has 0 saturated carbocycles. The average molecular weight is 232 g/mol. The molecule has 0 spiro atoms. The van der Waals surface area contributed by atoms with Crippen LogP contribution in [0.2, 0.25) is 0 Å². The molecular formula is C13H12O2S. The van der Waals surface area contributed by atoms with Crippen molar-refractivity contribution in [3.63, 3.8) is 0 Å². The number of hydrogen-bond donors (Lipinski definition) is 0. The van der Waals surface area contributed by atoms with E-state index in [1.807, 2.05) is 0 Å². The first-order chi connectivity index (χ1) is 7.74. The van der Waals surface area contributed by atoms with Gasteiger partial charge in [-0.25, -0.2) is 0 Å². The first-order valence-corrected chi connectivity index (χ1v) is 6.25. The number of benzene rings is 1. The van der Waals surface area contributed by atoms with Gasteiger partial charge in [0.05, 0.1) is 4.91 Å². The summed E-state index contributed by atoms with van der Waals surface area (Å²) >= 11 is 1.46. The Bertz CT molecular complexity index is 475. The van der Waals surface area contributed by atoms with E-state index in [1.54, 1.807) is 24.3 Å². The smallest absolute Gasteiger partial charge is 0.200 e. The Balaban J connectivity index is 2.36. The van der Waals surface area contributed by atoms with E-state index in [2.05, 4.69) is 6.92 Å². The van der Waals surface area contributed by atoms with E-state index < -0.39 is 0 Å². The first-order valence-electron chi connectivity index (χ1n) is 5.26. The second-order valence-corrected chi connectivity index (χ2v) is 4.73. The van der Waals surface area contributed by atoms with Crippen LogP contribution in [0.3, 0.4) is 0 Å². The van der Waals surface area contributed by atoms with Crippen LogP contribution >= 0.6 is 11.8 Å². The van der Waals surface area contributed by atoms with Gasteiger partial charge in [-0.3, -0.25) is 9.59 Å². The van der Waals surface area contributed by atoms with Crippen molar-refractivity contribution < 1.29 is 9.59 Å². The van der Waals surface area contributed by atoms with Gasteiger partial charge >= 0.3 is 0 Å². The number of carbonyl (C=O) groups is 2. The van der Waals surface area contributed by atoms with Crippen molar-refractivity contribution in [2.75, 3.05) is 5.75 Å². The highest BCUT2D eigenvalue weighted by molar-refractivity contribution is 8.04. The molecule has 2 rings (SSSR count). The fourth-order valence-corrected chi connectivity index (χ4v) is 2.47. The van der Waals surface area contributed by atoms with Gasteiger partial charge in [-0.1, -0.05) is 31.2 Å². The normalized spacial score (nSPS) is 14.7. The number of hydrogen-bond acceptors (Lipinski definition) is 3. The van der Waals surface area contributed by atoms with Crippen LogP contribution in [0.25, 0.3) is 0 Å². The molecule has 1 aromatic carbocycles. The van der Waals surface area contributed by atoms with Gasteiger partial charge in [-0.05, 0) is 12.2 Å². The van der Waals surface area contributed by atoms with Crippen molar-refractivity contribution in [3.8, 4) is 0 Å². The van der Waals surface area contributed by atoms with Gasteiger partial charge in [-0.2, -0.15) is 0 Å². The molecule has 0 bridgehead atoms. The number of Topliss-reactive ketones (excluding diaryl/α,β-unsaturated/α-hetero) is 1. The lowest BCUT2D eigenvalue weighted by molar-refractivity contribution is 0.0991. The summed E-state index contributed by atoms with van der Waals surface area (Å²) < 4.78 is 0. The summed E-state index contributed by atoms with van der Waals surface area (Å²) in [6.07, 6.45) is 2.45. The van der Waals surface area contributed by atoms with E-state index in [4.69, 9.17) is 0 Å². The molecule has 0 N–H and O–H groups in total. The Kier molecular flexibility index (Phi) is 3.25. The third-order valence-corrected chi connectivity index (χ3v) is 3.61. The molecule has 16 heavy (non-hydrogen) atoms. The highest BCUT2D eigenvalue weighted by Crippen LogP contribution is 2.28. The molecule has 0 unspecified atom stereocenters. The molecule has 3 heteroatoms. The predicted octanol–water partition coefficient (Wildman–Crippen LogP) is 3.09. The molecule has 0 atom stereocenters. The van der Waals surface area contributed by atoms with Gasteiger partial charge in [0.2, 0.25) is 0 Å². The molecule has 1 aliphatic carbocycles. The maximum atomic E-state index is 12.0. The average Bonchev–Trinajstić information content (AvgIpc) is 2.32. The lowest BCUT2D eigenvalue weighted by Crippen LogP contribution is -2.15. The van der Waals surface area contributed by atoms with E-state index in [0.717, 1.165) is 12.2 Å². The van der Waals surface area contributed by atoms with Crippen LogP contribution in [-0.4, -0.2) is 17.3 Å². The summed E-state index contributed by atoms with van der Waals surface area (Å²) in [5, 5.41) is 0. The van der Waals surface area contributed by atoms with Crippen LogP contribution in [0.5, 0.6) is 0 Å². The summed E-state index contributed by atoms with van der Waals surface area (Å²) in [5.74, 6) is 0.787. The zero-order valence-corrected chi connectivity index (χ0v) is 9.84. The van der Waals surface area contributed by atoms with Crippen molar-refractivity contribution in [2.24, 2.45) is 0 Å². The number of allylic oxidation sites excluding steroid dienone is 2. The highest BCUT2D eigenvalue weighted by atomic mass is 32.2. The van der Waals surface area contributed by atoms with Crippen molar-refractivity contribution in [1.82, 2.24) is 0 Å². The van der Waals surface area contributed by atoms with E-state index in [9.17, 15) is 9.59 Å². The van der Waals surface area contributed by atoms with E-state index in [1.165, 1.54) is 17.8 Å². The molecule has 0 heterocycles. The van der Waals surface area contributed by atoms with Crippen LogP contribution in [-0.2, 0) is 0 Å². The van der Waals surface area contributed by atoms with Crippen LogP contribution in [0, 0.1) is 0 Å². The van der Waals surface area contributed by atoms with E-state index in [0.29, 0.717) is 16.0 Å². The van der Waals surface area contributed by atoms with Crippen molar-refractivity contribution in [2.45, 2.75) is 13.3 Å². The zero-order chi connectivity index (χ0) is 11.5. The number of ketones is 2. The minimum atomic E-state index is -0.0613. The Labute approximate surface area is 98.7 Å². The summed E-state index contributed by atoms with van der Waals surface area (Å²) in [4.78, 5) is 24.4. The summed E-state index contributed by atoms with van der Waals surface area (Å²) in [7, 11) is 0. The summed E-state index contributed by atoms with van der Waals surface area (Å²) in [5.41, 5.74) is 1.06. The number of carbonyl (C=O) groups excluding carboxylic acids is 2. The van der Waals surface area contributed by atoms with Crippen LogP contribution in [0.1, 0.15) is 34.1 Å². The Hall–Kier alpha value is -1.35. The zero-order valence-electron chi connectivity index (χ0n) is 9.03. The Morgan fingerprint density at radius 1 is 1.12 bits per heavy atom. The fraction of sp³-hybridized carbons (Fsp3) is 0.231. The number of fused-ring (bicyclic) bond motifs is 1. The number of thioether (sulfide) groups is 1. The van der Waals surface area contributed by atoms with E-state index >= 15 is 0 Å². The molecule has 0 saturated heterocycles. The SMILES string of the molecule is CCCSC1=CC(=O)c2ccccc2C1=O. The minimum absolute atomic E-state index is 0.0198.